The van der Waals surface area contributed by atoms with Crippen LogP contribution in [0.2, 0.25) is 0 Å². The lowest BCUT2D eigenvalue weighted by molar-refractivity contribution is -0.396. The molecule has 0 aliphatic rings. The molecule has 0 saturated heterocycles. The number of rotatable bonds is 4. The lowest BCUT2D eigenvalue weighted by atomic mass is 10.0. The lowest BCUT2D eigenvalue weighted by Crippen LogP contribution is -2.60. The zero-order valence-corrected chi connectivity index (χ0v) is 7.82. The Labute approximate surface area is 84.4 Å². The normalized spacial score (nSPS) is 15.4. The van der Waals surface area contributed by atoms with Crippen LogP contribution in [0, 0.1) is 0 Å². The third kappa shape index (κ3) is 2.22. The first kappa shape index (κ1) is 15.4. The molecule has 0 nitrogen and oxygen atoms in total. The van der Waals surface area contributed by atoms with Gasteiger partial charge in [-0.15, -0.1) is 0 Å². The van der Waals surface area contributed by atoms with Crippen molar-refractivity contribution in [1.82, 2.24) is 0 Å². The minimum absolute atomic E-state index is 0.656. The second-order valence-electron chi connectivity index (χ2n) is 3.10. The van der Waals surface area contributed by atoms with Gasteiger partial charge in [0.25, 0.3) is 0 Å². The van der Waals surface area contributed by atoms with E-state index in [2.05, 4.69) is 0 Å². The molecule has 0 N–H and O–H groups in total. The summed E-state index contributed by atoms with van der Waals surface area (Å²) in [6, 6.07) is 0. The molecule has 0 aliphatic heterocycles. The number of alkyl halides is 9. The average Bonchev–Trinajstić information content (AvgIpc) is 2.01. The summed E-state index contributed by atoms with van der Waals surface area (Å²) in [4.78, 5) is 0. The van der Waals surface area contributed by atoms with E-state index in [1.165, 1.54) is 0 Å². The highest BCUT2D eigenvalue weighted by Gasteiger charge is 2.81. The van der Waals surface area contributed by atoms with Crippen molar-refractivity contribution < 1.29 is 39.5 Å². The first-order valence-electron chi connectivity index (χ1n) is 4.01. The van der Waals surface area contributed by atoms with Crippen LogP contribution in [0.15, 0.2) is 0 Å². The van der Waals surface area contributed by atoms with Crippen LogP contribution in [0.4, 0.5) is 39.5 Å². The largest absolute Gasteiger partial charge is 0.460 e. The summed E-state index contributed by atoms with van der Waals surface area (Å²) in [7, 11) is 0. The number of halogens is 9. The van der Waals surface area contributed by atoms with Gasteiger partial charge in [-0.2, -0.15) is 39.5 Å². The van der Waals surface area contributed by atoms with Gasteiger partial charge in [0.05, 0.1) is 0 Å². The fourth-order valence-electron chi connectivity index (χ4n) is 0.879. The Morgan fingerprint density at radius 1 is 0.688 bits per heavy atom. The number of hydrogen-bond donors (Lipinski definition) is 0. The van der Waals surface area contributed by atoms with Gasteiger partial charge < -0.3 is 0 Å². The molecule has 0 fully saturated rings. The van der Waals surface area contributed by atoms with Gasteiger partial charge in [0.15, 0.2) is 0 Å². The third-order valence-electron chi connectivity index (χ3n) is 1.77. The van der Waals surface area contributed by atoms with E-state index in [1.54, 1.807) is 0 Å². The minimum Gasteiger partial charge on any atom is -0.200 e. The van der Waals surface area contributed by atoms with Crippen LogP contribution >= 0.6 is 0 Å². The molecule has 0 spiro atoms. The molecule has 0 bridgehead atoms. The van der Waals surface area contributed by atoms with Crippen molar-refractivity contribution in [1.29, 1.82) is 0 Å². The summed E-state index contributed by atoms with van der Waals surface area (Å²) >= 11 is 0. The van der Waals surface area contributed by atoms with Crippen LogP contribution in [0.25, 0.3) is 0 Å². The predicted octanol–water partition coefficient (Wildman–Crippen LogP) is 4.25. The lowest BCUT2D eigenvalue weighted by Gasteiger charge is -2.33. The first-order chi connectivity index (χ1) is 6.81. The van der Waals surface area contributed by atoms with Crippen molar-refractivity contribution >= 4 is 0 Å². The maximum absolute atomic E-state index is 12.5. The van der Waals surface area contributed by atoms with E-state index in [1.807, 2.05) is 0 Å². The van der Waals surface area contributed by atoms with Crippen molar-refractivity contribution in [3.63, 3.8) is 0 Å². The Kier molecular flexibility index (Phi) is 3.83. The van der Waals surface area contributed by atoms with Crippen LogP contribution in [0.1, 0.15) is 19.8 Å². The van der Waals surface area contributed by atoms with Crippen molar-refractivity contribution in [2.24, 2.45) is 0 Å². The molecule has 9 heteroatoms. The van der Waals surface area contributed by atoms with Crippen LogP contribution in [0.3, 0.4) is 0 Å². The second kappa shape index (κ2) is 3.99. The summed E-state index contributed by atoms with van der Waals surface area (Å²) in [5.74, 6) is -18.6. The van der Waals surface area contributed by atoms with Crippen molar-refractivity contribution in [2.45, 2.75) is 43.7 Å². The second-order valence-corrected chi connectivity index (χ2v) is 3.10. The highest BCUT2D eigenvalue weighted by Crippen LogP contribution is 2.54. The molecule has 0 aliphatic carbocycles. The highest BCUT2D eigenvalue weighted by atomic mass is 19.4. The van der Waals surface area contributed by atoms with Crippen LogP contribution in [-0.2, 0) is 0 Å². The fraction of sp³-hybridized carbons (Fsp3) is 1.00. The molecule has 0 aromatic carbocycles. The third-order valence-corrected chi connectivity index (χ3v) is 1.77. The summed E-state index contributed by atoms with van der Waals surface area (Å²) in [5.41, 5.74) is 0. The maximum atomic E-state index is 12.5. The quantitative estimate of drug-likeness (QED) is 0.664. The van der Waals surface area contributed by atoms with E-state index in [0.717, 1.165) is 6.92 Å². The van der Waals surface area contributed by atoms with Crippen LogP contribution in [-0.4, -0.2) is 23.9 Å². The summed E-state index contributed by atoms with van der Waals surface area (Å²) < 4.78 is 109. The van der Waals surface area contributed by atoms with Crippen LogP contribution in [0.5, 0.6) is 0 Å². The fourth-order valence-corrected chi connectivity index (χ4v) is 0.879. The van der Waals surface area contributed by atoms with Gasteiger partial charge in [-0.1, -0.05) is 13.3 Å². The Balaban J connectivity index is 5.34. The Morgan fingerprint density at radius 3 is 1.31 bits per heavy atom. The van der Waals surface area contributed by atoms with Gasteiger partial charge in [-0.05, 0) is 0 Å². The smallest absolute Gasteiger partial charge is 0.200 e. The van der Waals surface area contributed by atoms with Crippen molar-refractivity contribution in [3.8, 4) is 0 Å². The first-order valence-corrected chi connectivity index (χ1v) is 4.01. The number of hydrogen-bond acceptors (Lipinski definition) is 0. The van der Waals surface area contributed by atoms with Crippen molar-refractivity contribution in [3.05, 3.63) is 0 Å². The van der Waals surface area contributed by atoms with E-state index >= 15 is 0 Å². The highest BCUT2D eigenvalue weighted by molar-refractivity contribution is 4.99. The summed E-state index contributed by atoms with van der Waals surface area (Å²) in [5, 5.41) is 0. The maximum Gasteiger partial charge on any atom is 0.460 e. The molecule has 0 aromatic rings. The van der Waals surface area contributed by atoms with Crippen molar-refractivity contribution in [2.75, 3.05) is 0 Å². The van der Waals surface area contributed by atoms with E-state index < -0.39 is 36.8 Å². The molecule has 0 atom stereocenters. The molecule has 16 heavy (non-hydrogen) atoms. The molecular formula is C7H7F9. The SMILES string of the molecule is CCCC(F)(F)C(F)(F)C(F)(F)C(F)(F)F. The van der Waals surface area contributed by atoms with Gasteiger partial charge in [-0.25, -0.2) is 0 Å². The van der Waals surface area contributed by atoms with Gasteiger partial charge in [0.1, 0.15) is 0 Å². The minimum atomic E-state index is -6.77. The van der Waals surface area contributed by atoms with E-state index in [-0.39, 0.29) is 0 Å². The topological polar surface area (TPSA) is 0 Å². The molecule has 0 aromatic heterocycles. The average molecular weight is 262 g/mol. The molecule has 0 unspecified atom stereocenters. The standard InChI is InChI=1S/C7H7F9/c1-2-3-4(8,9)5(10,11)6(12,13)7(14,15)16/h2-3H2,1H3. The summed E-state index contributed by atoms with van der Waals surface area (Å²) in [6.45, 7) is 0.954. The zero-order valence-electron chi connectivity index (χ0n) is 7.82. The van der Waals surface area contributed by atoms with E-state index in [0.29, 0.717) is 0 Å². The van der Waals surface area contributed by atoms with Gasteiger partial charge in [0.2, 0.25) is 0 Å². The Bertz CT molecular complexity index is 239. The monoisotopic (exact) mass is 262 g/mol. The molecular weight excluding hydrogens is 255 g/mol. The molecule has 0 saturated carbocycles. The Hall–Kier alpha value is -0.630. The molecule has 0 rings (SSSR count). The van der Waals surface area contributed by atoms with Gasteiger partial charge >= 0.3 is 23.9 Å². The van der Waals surface area contributed by atoms with Gasteiger partial charge in [0, 0.05) is 6.42 Å². The van der Waals surface area contributed by atoms with E-state index in [4.69, 9.17) is 0 Å². The summed E-state index contributed by atoms with van der Waals surface area (Å²) in [6.07, 6.45) is -9.14. The molecule has 98 valence electrons. The Morgan fingerprint density at radius 2 is 1.06 bits per heavy atom. The molecule has 0 amide bonds. The van der Waals surface area contributed by atoms with E-state index in [9.17, 15) is 39.5 Å². The van der Waals surface area contributed by atoms with Gasteiger partial charge in [-0.3, -0.25) is 0 Å². The molecule has 0 heterocycles. The van der Waals surface area contributed by atoms with Crippen LogP contribution < -0.4 is 0 Å². The molecule has 0 radical (unpaired) electrons. The zero-order chi connectivity index (χ0) is 13.4. The predicted molar refractivity (Wildman–Crippen MR) is 35.8 cm³/mol.